The minimum absolute atomic E-state index is 0.000952. The van der Waals surface area contributed by atoms with Gasteiger partial charge in [-0.05, 0) is 38.1 Å². The van der Waals surface area contributed by atoms with Crippen LogP contribution in [0, 0.1) is 0 Å². The van der Waals surface area contributed by atoms with E-state index in [-0.39, 0.29) is 5.91 Å². The Kier molecular flexibility index (Phi) is 5.48. The Morgan fingerprint density at radius 1 is 1.00 bits per heavy atom. The first-order valence-electron chi connectivity index (χ1n) is 8.89. The standard InChI is InChI=1S/C19H25N5O/c1-3-22(4-2)19(25)17-15-16(8-10-20-17)23-11-13-24(14-12-23)18-7-5-6-9-21-18/h5-10,15H,3-4,11-14H2,1-2H3. The second-order valence-electron chi connectivity index (χ2n) is 6.04. The molecule has 2 aromatic rings. The average molecular weight is 339 g/mol. The summed E-state index contributed by atoms with van der Waals surface area (Å²) < 4.78 is 0. The van der Waals surface area contributed by atoms with Gasteiger partial charge in [-0.3, -0.25) is 9.78 Å². The van der Waals surface area contributed by atoms with E-state index in [1.807, 2.05) is 50.4 Å². The highest BCUT2D eigenvalue weighted by Gasteiger charge is 2.20. The van der Waals surface area contributed by atoms with Crippen molar-refractivity contribution in [3.63, 3.8) is 0 Å². The van der Waals surface area contributed by atoms with Crippen molar-refractivity contribution in [2.45, 2.75) is 13.8 Å². The van der Waals surface area contributed by atoms with Crippen LogP contribution in [-0.4, -0.2) is 60.0 Å². The number of carbonyl (C=O) groups excluding carboxylic acids is 1. The number of pyridine rings is 2. The van der Waals surface area contributed by atoms with E-state index in [9.17, 15) is 4.79 Å². The van der Waals surface area contributed by atoms with Gasteiger partial charge in [0.1, 0.15) is 11.5 Å². The lowest BCUT2D eigenvalue weighted by Gasteiger charge is -2.36. The van der Waals surface area contributed by atoms with Crippen molar-refractivity contribution in [2.75, 3.05) is 49.1 Å². The molecule has 1 amide bonds. The van der Waals surface area contributed by atoms with Crippen molar-refractivity contribution in [3.05, 3.63) is 48.4 Å². The summed E-state index contributed by atoms with van der Waals surface area (Å²) in [5.41, 5.74) is 1.58. The molecule has 0 aromatic carbocycles. The van der Waals surface area contributed by atoms with Gasteiger partial charge in [-0.1, -0.05) is 6.07 Å². The molecular weight excluding hydrogens is 314 g/mol. The summed E-state index contributed by atoms with van der Waals surface area (Å²) >= 11 is 0. The molecule has 1 aliphatic heterocycles. The number of amides is 1. The van der Waals surface area contributed by atoms with Crippen molar-refractivity contribution in [1.29, 1.82) is 0 Å². The summed E-state index contributed by atoms with van der Waals surface area (Å²) in [5, 5.41) is 0. The van der Waals surface area contributed by atoms with Crippen molar-refractivity contribution in [3.8, 4) is 0 Å². The Morgan fingerprint density at radius 3 is 2.36 bits per heavy atom. The molecule has 0 bridgehead atoms. The SMILES string of the molecule is CCN(CC)C(=O)c1cc(N2CCN(c3ccccn3)CC2)ccn1. The van der Waals surface area contributed by atoms with E-state index >= 15 is 0 Å². The van der Waals surface area contributed by atoms with Crippen LogP contribution in [0.2, 0.25) is 0 Å². The summed E-state index contributed by atoms with van der Waals surface area (Å²) in [4.78, 5) is 27.6. The largest absolute Gasteiger partial charge is 0.368 e. The number of hydrogen-bond acceptors (Lipinski definition) is 5. The third-order valence-corrected chi connectivity index (χ3v) is 4.63. The molecule has 1 fully saturated rings. The quantitative estimate of drug-likeness (QED) is 0.836. The molecule has 6 nitrogen and oxygen atoms in total. The Hall–Kier alpha value is -2.63. The van der Waals surface area contributed by atoms with Gasteiger partial charge in [-0.15, -0.1) is 0 Å². The molecule has 132 valence electrons. The number of hydrogen-bond donors (Lipinski definition) is 0. The van der Waals surface area contributed by atoms with Crippen LogP contribution in [0.4, 0.5) is 11.5 Å². The van der Waals surface area contributed by atoms with E-state index in [0.29, 0.717) is 18.8 Å². The first-order chi connectivity index (χ1) is 12.2. The van der Waals surface area contributed by atoms with Gasteiger partial charge in [0.25, 0.3) is 5.91 Å². The van der Waals surface area contributed by atoms with Gasteiger partial charge in [-0.2, -0.15) is 0 Å². The summed E-state index contributed by atoms with van der Waals surface area (Å²) in [6.07, 6.45) is 3.56. The van der Waals surface area contributed by atoms with Crippen molar-refractivity contribution in [2.24, 2.45) is 0 Å². The van der Waals surface area contributed by atoms with Gasteiger partial charge in [0.15, 0.2) is 0 Å². The molecule has 3 heterocycles. The molecular formula is C19H25N5O. The molecule has 6 heteroatoms. The van der Waals surface area contributed by atoms with Crippen LogP contribution >= 0.6 is 0 Å². The van der Waals surface area contributed by atoms with Crippen LogP contribution in [-0.2, 0) is 0 Å². The summed E-state index contributed by atoms with van der Waals surface area (Å²) in [6, 6.07) is 9.89. The van der Waals surface area contributed by atoms with E-state index in [4.69, 9.17) is 0 Å². The van der Waals surface area contributed by atoms with Crippen LogP contribution in [0.5, 0.6) is 0 Å². The molecule has 0 aliphatic carbocycles. The third kappa shape index (κ3) is 3.90. The van der Waals surface area contributed by atoms with E-state index in [0.717, 1.165) is 37.7 Å². The lowest BCUT2D eigenvalue weighted by molar-refractivity contribution is 0.0767. The predicted octanol–water partition coefficient (Wildman–Crippen LogP) is 2.29. The number of carbonyl (C=O) groups is 1. The predicted molar refractivity (Wildman–Crippen MR) is 100 cm³/mol. The number of aromatic nitrogens is 2. The second-order valence-corrected chi connectivity index (χ2v) is 6.04. The third-order valence-electron chi connectivity index (χ3n) is 4.63. The van der Waals surface area contributed by atoms with Gasteiger partial charge in [0.2, 0.25) is 0 Å². The summed E-state index contributed by atoms with van der Waals surface area (Å²) in [6.45, 7) is 9.01. The highest BCUT2D eigenvalue weighted by atomic mass is 16.2. The molecule has 0 N–H and O–H groups in total. The topological polar surface area (TPSA) is 52.6 Å². The van der Waals surface area contributed by atoms with Gasteiger partial charge in [-0.25, -0.2) is 4.98 Å². The summed E-state index contributed by atoms with van der Waals surface area (Å²) in [5.74, 6) is 1.02. The zero-order chi connectivity index (χ0) is 17.6. The zero-order valence-corrected chi connectivity index (χ0v) is 14.9. The molecule has 0 unspecified atom stereocenters. The van der Waals surface area contributed by atoms with Crippen molar-refractivity contribution in [1.82, 2.24) is 14.9 Å². The normalized spacial score (nSPS) is 14.5. The fraction of sp³-hybridized carbons (Fsp3) is 0.421. The molecule has 0 saturated carbocycles. The van der Waals surface area contributed by atoms with Crippen molar-refractivity contribution >= 4 is 17.4 Å². The molecule has 1 saturated heterocycles. The van der Waals surface area contributed by atoms with Crippen LogP contribution in [0.1, 0.15) is 24.3 Å². The highest BCUT2D eigenvalue weighted by Crippen LogP contribution is 2.20. The fourth-order valence-corrected chi connectivity index (χ4v) is 3.14. The Morgan fingerprint density at radius 2 is 1.72 bits per heavy atom. The maximum atomic E-state index is 12.5. The first kappa shape index (κ1) is 17.2. The monoisotopic (exact) mass is 339 g/mol. The van der Waals surface area contributed by atoms with Gasteiger partial charge >= 0.3 is 0 Å². The number of piperazine rings is 1. The maximum absolute atomic E-state index is 12.5. The second kappa shape index (κ2) is 7.96. The molecule has 3 rings (SSSR count). The minimum Gasteiger partial charge on any atom is -0.368 e. The fourth-order valence-electron chi connectivity index (χ4n) is 3.14. The zero-order valence-electron chi connectivity index (χ0n) is 14.9. The van der Waals surface area contributed by atoms with E-state index < -0.39 is 0 Å². The molecule has 1 aliphatic rings. The van der Waals surface area contributed by atoms with Crippen LogP contribution in [0.15, 0.2) is 42.7 Å². The molecule has 0 radical (unpaired) electrons. The minimum atomic E-state index is -0.000952. The average Bonchev–Trinajstić information content (AvgIpc) is 2.70. The van der Waals surface area contributed by atoms with E-state index in [1.54, 1.807) is 11.1 Å². The molecule has 0 spiro atoms. The summed E-state index contributed by atoms with van der Waals surface area (Å²) in [7, 11) is 0. The lowest BCUT2D eigenvalue weighted by Crippen LogP contribution is -2.46. The maximum Gasteiger partial charge on any atom is 0.272 e. The van der Waals surface area contributed by atoms with Gasteiger partial charge < -0.3 is 14.7 Å². The lowest BCUT2D eigenvalue weighted by atomic mass is 10.2. The Balaban J connectivity index is 1.67. The molecule has 0 atom stereocenters. The molecule has 25 heavy (non-hydrogen) atoms. The first-order valence-corrected chi connectivity index (χ1v) is 8.89. The Labute approximate surface area is 149 Å². The van der Waals surface area contributed by atoms with Crippen LogP contribution in [0.25, 0.3) is 0 Å². The Bertz CT molecular complexity index is 694. The number of nitrogens with zero attached hydrogens (tertiary/aromatic N) is 5. The number of anilines is 2. The highest BCUT2D eigenvalue weighted by molar-refractivity contribution is 5.93. The van der Waals surface area contributed by atoms with Crippen LogP contribution < -0.4 is 9.80 Å². The van der Waals surface area contributed by atoms with Crippen molar-refractivity contribution < 1.29 is 4.79 Å². The van der Waals surface area contributed by atoms with Gasteiger partial charge in [0.05, 0.1) is 0 Å². The van der Waals surface area contributed by atoms with E-state index in [1.165, 1.54) is 0 Å². The molecule has 2 aromatic heterocycles. The number of rotatable bonds is 5. The van der Waals surface area contributed by atoms with E-state index in [2.05, 4.69) is 19.8 Å². The van der Waals surface area contributed by atoms with Gasteiger partial charge in [0, 0.05) is 57.3 Å². The smallest absolute Gasteiger partial charge is 0.272 e. The van der Waals surface area contributed by atoms with Crippen LogP contribution in [0.3, 0.4) is 0 Å².